The van der Waals surface area contributed by atoms with E-state index in [0.29, 0.717) is 25.1 Å². The summed E-state index contributed by atoms with van der Waals surface area (Å²) in [6.45, 7) is 10.2. The second kappa shape index (κ2) is 7.30. The normalized spacial score (nSPS) is 18.2. The molecule has 2 N–H and O–H groups in total. The summed E-state index contributed by atoms with van der Waals surface area (Å²) in [7, 11) is -0.530. The summed E-state index contributed by atoms with van der Waals surface area (Å²) >= 11 is 0. The van der Waals surface area contributed by atoms with Gasteiger partial charge < -0.3 is 24.1 Å². The largest absolute Gasteiger partial charge is 0.497 e. The predicted octanol–water partition coefficient (Wildman–Crippen LogP) is 2.57. The molecule has 0 amide bonds. The molecule has 27 heavy (non-hydrogen) atoms. The number of rotatable bonds is 6. The van der Waals surface area contributed by atoms with Crippen molar-refractivity contribution in [3.8, 4) is 0 Å². The van der Waals surface area contributed by atoms with Gasteiger partial charge in [-0.1, -0.05) is 18.2 Å². The van der Waals surface area contributed by atoms with E-state index >= 15 is 0 Å². The highest BCUT2D eigenvalue weighted by Gasteiger charge is 2.52. The highest BCUT2D eigenvalue weighted by molar-refractivity contribution is 6.65. The lowest BCUT2D eigenvalue weighted by atomic mass is 9.77. The van der Waals surface area contributed by atoms with Gasteiger partial charge in [0.05, 0.1) is 17.8 Å². The van der Waals surface area contributed by atoms with E-state index in [9.17, 15) is 9.90 Å². The van der Waals surface area contributed by atoms with Gasteiger partial charge in [0.2, 0.25) is 0 Å². The van der Waals surface area contributed by atoms with Gasteiger partial charge in [-0.25, -0.2) is 4.79 Å². The molecule has 3 rings (SSSR count). The third-order valence-electron chi connectivity index (χ3n) is 5.55. The van der Waals surface area contributed by atoms with Gasteiger partial charge in [0.1, 0.15) is 5.69 Å². The van der Waals surface area contributed by atoms with Crippen molar-refractivity contribution < 1.29 is 23.9 Å². The van der Waals surface area contributed by atoms with E-state index in [1.165, 1.54) is 0 Å². The number of nitrogens with one attached hydrogen (secondary N) is 1. The molecule has 0 aliphatic carbocycles. The fourth-order valence-electron chi connectivity index (χ4n) is 3.36. The molecule has 0 spiro atoms. The van der Waals surface area contributed by atoms with Crippen molar-refractivity contribution in [3.63, 3.8) is 0 Å². The third-order valence-corrected chi connectivity index (χ3v) is 5.55. The molecule has 1 aromatic carbocycles. The van der Waals surface area contributed by atoms with Gasteiger partial charge in [-0.2, -0.15) is 0 Å². The van der Waals surface area contributed by atoms with Crippen LogP contribution in [0.2, 0.25) is 0 Å². The number of aliphatic hydroxyl groups excluding tert-OH is 1. The highest BCUT2D eigenvalue weighted by Crippen LogP contribution is 2.37. The maximum absolute atomic E-state index is 12.5. The minimum Gasteiger partial charge on any atom is -0.461 e. The Labute approximate surface area is 160 Å². The number of carbonyl (C=O) groups excluding carboxylic acids is 1. The van der Waals surface area contributed by atoms with E-state index in [-0.39, 0.29) is 12.6 Å². The van der Waals surface area contributed by atoms with Crippen molar-refractivity contribution in [3.05, 3.63) is 29.5 Å². The summed E-state index contributed by atoms with van der Waals surface area (Å²) in [6.07, 6.45) is 1.15. The van der Waals surface area contributed by atoms with Crippen LogP contribution in [0.3, 0.4) is 0 Å². The predicted molar refractivity (Wildman–Crippen MR) is 105 cm³/mol. The zero-order valence-corrected chi connectivity index (χ0v) is 16.7. The van der Waals surface area contributed by atoms with Gasteiger partial charge in [-0.05, 0) is 53.0 Å². The van der Waals surface area contributed by atoms with Gasteiger partial charge in [0.15, 0.2) is 0 Å². The molecule has 2 heterocycles. The molecular weight excluding hydrogens is 345 g/mol. The van der Waals surface area contributed by atoms with Crippen LogP contribution in [0.25, 0.3) is 10.9 Å². The topological polar surface area (TPSA) is 80.8 Å². The number of aromatic nitrogens is 1. The maximum Gasteiger partial charge on any atom is 0.497 e. The molecule has 1 saturated heterocycles. The summed E-state index contributed by atoms with van der Waals surface area (Å²) in [5.74, 6) is -0.387. The van der Waals surface area contributed by atoms with Crippen LogP contribution in [0.15, 0.2) is 18.2 Å². The maximum atomic E-state index is 12.5. The Morgan fingerprint density at radius 2 is 1.89 bits per heavy atom. The molecule has 1 aliphatic rings. The third kappa shape index (κ3) is 3.51. The second-order valence-electron chi connectivity index (χ2n) is 7.88. The van der Waals surface area contributed by atoms with Crippen LogP contribution < -0.4 is 5.46 Å². The SMILES string of the molecule is CCOC(=O)c1[nH]c2c(B3OC(C)(C)C(C)(C)O3)cccc2c1CCCO. The molecule has 2 aromatic rings. The molecule has 1 fully saturated rings. The number of carbonyl (C=O) groups is 1. The average Bonchev–Trinajstić information content (AvgIpc) is 3.07. The summed E-state index contributed by atoms with van der Waals surface area (Å²) < 4.78 is 17.6. The number of aryl methyl sites for hydroxylation is 1. The van der Waals surface area contributed by atoms with E-state index < -0.39 is 18.3 Å². The lowest BCUT2D eigenvalue weighted by Crippen LogP contribution is -2.41. The van der Waals surface area contributed by atoms with Gasteiger partial charge in [-0.15, -0.1) is 0 Å². The number of aromatic amines is 1. The number of aliphatic hydroxyl groups is 1. The first kappa shape index (κ1) is 19.9. The Balaban J connectivity index is 2.10. The quantitative estimate of drug-likeness (QED) is 0.601. The standard InChI is InChI=1S/C20H28BNO5/c1-6-25-18(24)17-14(10-8-12-23)13-9-7-11-15(16(13)22-17)21-26-19(2,3)20(4,5)27-21/h7,9,11,22-23H,6,8,10,12H2,1-5H3. The molecule has 0 unspecified atom stereocenters. The van der Waals surface area contributed by atoms with Crippen molar-refractivity contribution in [1.29, 1.82) is 0 Å². The smallest absolute Gasteiger partial charge is 0.461 e. The van der Waals surface area contributed by atoms with Gasteiger partial charge in [-0.3, -0.25) is 0 Å². The van der Waals surface area contributed by atoms with Crippen LogP contribution in [0, 0.1) is 0 Å². The van der Waals surface area contributed by atoms with Crippen LogP contribution in [0.1, 0.15) is 57.1 Å². The molecule has 0 atom stereocenters. The van der Waals surface area contributed by atoms with Crippen LogP contribution in [0.5, 0.6) is 0 Å². The van der Waals surface area contributed by atoms with E-state index in [1.807, 2.05) is 45.9 Å². The number of esters is 1. The lowest BCUT2D eigenvalue weighted by molar-refractivity contribution is 0.00578. The minimum atomic E-state index is -0.530. The summed E-state index contributed by atoms with van der Waals surface area (Å²) in [4.78, 5) is 15.7. The Bertz CT molecular complexity index is 826. The van der Waals surface area contributed by atoms with Gasteiger partial charge >= 0.3 is 13.1 Å². The minimum absolute atomic E-state index is 0.0614. The van der Waals surface area contributed by atoms with Crippen molar-refractivity contribution in [2.45, 2.75) is 58.7 Å². The first-order chi connectivity index (χ1) is 12.7. The van der Waals surface area contributed by atoms with Crippen molar-refractivity contribution in [2.75, 3.05) is 13.2 Å². The first-order valence-electron chi connectivity index (χ1n) is 9.49. The lowest BCUT2D eigenvalue weighted by Gasteiger charge is -2.32. The fraction of sp³-hybridized carbons (Fsp3) is 0.550. The number of para-hydroxylation sites is 1. The summed E-state index contributed by atoms with van der Waals surface area (Å²) in [6, 6.07) is 5.86. The van der Waals surface area contributed by atoms with Crippen LogP contribution in [-0.2, 0) is 20.5 Å². The van der Waals surface area contributed by atoms with Crippen molar-refractivity contribution >= 4 is 29.5 Å². The molecule has 1 aromatic heterocycles. The number of hydrogen-bond donors (Lipinski definition) is 2. The molecule has 7 heteroatoms. The van der Waals surface area contributed by atoms with Crippen LogP contribution in [0.4, 0.5) is 0 Å². The van der Waals surface area contributed by atoms with E-state index in [1.54, 1.807) is 6.92 Å². The number of benzene rings is 1. The van der Waals surface area contributed by atoms with Crippen molar-refractivity contribution in [2.24, 2.45) is 0 Å². The number of fused-ring (bicyclic) bond motifs is 1. The Morgan fingerprint density at radius 3 is 2.48 bits per heavy atom. The molecule has 0 radical (unpaired) electrons. The van der Waals surface area contributed by atoms with E-state index in [2.05, 4.69) is 4.98 Å². The van der Waals surface area contributed by atoms with E-state index in [4.69, 9.17) is 14.0 Å². The molecule has 0 saturated carbocycles. The van der Waals surface area contributed by atoms with Crippen LogP contribution in [-0.4, -0.2) is 47.6 Å². The average molecular weight is 373 g/mol. The Morgan fingerprint density at radius 1 is 1.22 bits per heavy atom. The number of hydrogen-bond acceptors (Lipinski definition) is 5. The molecule has 1 aliphatic heterocycles. The Hall–Kier alpha value is -1.83. The van der Waals surface area contributed by atoms with E-state index in [0.717, 1.165) is 21.9 Å². The zero-order valence-electron chi connectivity index (χ0n) is 16.7. The molecule has 6 nitrogen and oxygen atoms in total. The van der Waals surface area contributed by atoms with Crippen molar-refractivity contribution in [1.82, 2.24) is 4.98 Å². The summed E-state index contributed by atoms with van der Waals surface area (Å²) in [5.41, 5.74) is 2.06. The second-order valence-corrected chi connectivity index (χ2v) is 7.88. The number of H-pyrrole nitrogens is 1. The first-order valence-corrected chi connectivity index (χ1v) is 9.49. The summed E-state index contributed by atoms with van der Waals surface area (Å²) in [5, 5.41) is 10.2. The Kier molecular flexibility index (Phi) is 5.39. The fourth-order valence-corrected chi connectivity index (χ4v) is 3.36. The van der Waals surface area contributed by atoms with Gasteiger partial charge in [0, 0.05) is 23.0 Å². The highest BCUT2D eigenvalue weighted by atomic mass is 16.7. The number of ether oxygens (including phenoxy) is 1. The van der Waals surface area contributed by atoms with Gasteiger partial charge in [0.25, 0.3) is 0 Å². The molecule has 146 valence electrons. The monoisotopic (exact) mass is 373 g/mol. The van der Waals surface area contributed by atoms with Crippen LogP contribution >= 0.6 is 0 Å². The zero-order chi connectivity index (χ0) is 19.8. The molecular formula is C20H28BNO5. The molecule has 0 bridgehead atoms.